The highest BCUT2D eigenvalue weighted by Gasteiger charge is 2.22. The lowest BCUT2D eigenvalue weighted by atomic mass is 9.93. The maximum atomic E-state index is 5.18. The number of para-hydroxylation sites is 1. The van der Waals surface area contributed by atoms with Crippen LogP contribution in [0.1, 0.15) is 0 Å². The third-order valence-corrected chi connectivity index (χ3v) is 8.41. The molecular weight excluding hydrogens is 524 g/mol. The molecule has 0 atom stereocenters. The molecule has 2 aromatic heterocycles. The van der Waals surface area contributed by atoms with Gasteiger partial charge in [0.15, 0.2) is 11.6 Å². The molecule has 200 valence electrons. The van der Waals surface area contributed by atoms with E-state index in [9.17, 15) is 0 Å². The van der Waals surface area contributed by atoms with E-state index < -0.39 is 0 Å². The van der Waals surface area contributed by atoms with E-state index in [-0.39, 0.29) is 0 Å². The summed E-state index contributed by atoms with van der Waals surface area (Å²) in [7, 11) is 0. The van der Waals surface area contributed by atoms with Gasteiger partial charge >= 0.3 is 0 Å². The first-order valence-electron chi connectivity index (χ1n) is 14.5. The van der Waals surface area contributed by atoms with Crippen LogP contribution in [0.3, 0.4) is 0 Å². The quantitative estimate of drug-likeness (QED) is 0.206. The van der Waals surface area contributed by atoms with Crippen molar-refractivity contribution in [2.75, 3.05) is 0 Å². The number of benzene rings is 7. The summed E-state index contributed by atoms with van der Waals surface area (Å²) >= 11 is 0. The van der Waals surface area contributed by atoms with Crippen molar-refractivity contribution in [1.82, 2.24) is 19.5 Å². The molecule has 0 saturated heterocycles. The fraction of sp³-hybridized carbons (Fsp3) is 0. The van der Waals surface area contributed by atoms with Crippen molar-refractivity contribution in [1.29, 1.82) is 0 Å². The van der Waals surface area contributed by atoms with E-state index in [0.717, 1.165) is 22.2 Å². The van der Waals surface area contributed by atoms with Gasteiger partial charge in [0.2, 0.25) is 5.95 Å². The fourth-order valence-electron chi connectivity index (χ4n) is 6.54. The van der Waals surface area contributed by atoms with Crippen LogP contribution >= 0.6 is 0 Å². The molecule has 0 aliphatic heterocycles. The monoisotopic (exact) mass is 548 g/mol. The average Bonchev–Trinajstić information content (AvgIpc) is 3.44. The van der Waals surface area contributed by atoms with Gasteiger partial charge in [0.1, 0.15) is 0 Å². The largest absolute Gasteiger partial charge is 0.277 e. The first kappa shape index (κ1) is 23.8. The molecule has 0 aliphatic rings. The van der Waals surface area contributed by atoms with Gasteiger partial charge in [-0.2, -0.15) is 9.97 Å². The Morgan fingerprint density at radius 3 is 1.58 bits per heavy atom. The van der Waals surface area contributed by atoms with Crippen LogP contribution in [0.5, 0.6) is 0 Å². The van der Waals surface area contributed by atoms with Gasteiger partial charge in [0.05, 0.1) is 11.0 Å². The lowest BCUT2D eigenvalue weighted by molar-refractivity contribution is 0.955. The number of hydrogen-bond acceptors (Lipinski definition) is 3. The molecule has 0 bridgehead atoms. The average molecular weight is 549 g/mol. The van der Waals surface area contributed by atoms with Crippen molar-refractivity contribution < 1.29 is 0 Å². The molecule has 0 N–H and O–H groups in total. The van der Waals surface area contributed by atoms with Gasteiger partial charge in [0.25, 0.3) is 0 Å². The molecule has 9 aromatic rings. The molecule has 0 fully saturated rings. The summed E-state index contributed by atoms with van der Waals surface area (Å²) in [6.07, 6.45) is 0. The number of nitrogens with zero attached hydrogens (tertiary/aromatic N) is 4. The molecule has 43 heavy (non-hydrogen) atoms. The van der Waals surface area contributed by atoms with Crippen LogP contribution in [0.4, 0.5) is 0 Å². The molecule has 9 rings (SSSR count). The van der Waals surface area contributed by atoms with Crippen LogP contribution in [-0.4, -0.2) is 19.5 Å². The maximum Gasteiger partial charge on any atom is 0.238 e. The Balaban J connectivity index is 1.52. The van der Waals surface area contributed by atoms with Gasteiger partial charge < -0.3 is 0 Å². The molecule has 0 amide bonds. The number of rotatable bonds is 3. The zero-order chi connectivity index (χ0) is 28.3. The van der Waals surface area contributed by atoms with E-state index >= 15 is 0 Å². The van der Waals surface area contributed by atoms with Crippen molar-refractivity contribution >= 4 is 54.1 Å². The van der Waals surface area contributed by atoms with Crippen LogP contribution in [0.2, 0.25) is 0 Å². The first-order chi connectivity index (χ1) is 21.3. The standard InChI is InChI=1S/C39H24N4/c1-3-14-26(15-4-1)37-40-38(27-16-5-2-6-17-27)42-39(41-37)43-33-22-12-11-21-32(33)35-30-20-10-9-19-29(30)31-24-23-25-13-7-8-18-28(25)34(31)36(35)43/h1-24H. The molecule has 0 unspecified atom stereocenters. The highest BCUT2D eigenvalue weighted by atomic mass is 15.2. The Hall–Kier alpha value is -5.87. The van der Waals surface area contributed by atoms with Crippen molar-refractivity contribution in [3.63, 3.8) is 0 Å². The Labute approximate surface area is 247 Å². The number of aromatic nitrogens is 4. The Kier molecular flexibility index (Phi) is 5.16. The second-order valence-electron chi connectivity index (χ2n) is 10.8. The zero-order valence-electron chi connectivity index (χ0n) is 23.1. The lowest BCUT2D eigenvalue weighted by Crippen LogP contribution is -2.06. The Morgan fingerprint density at radius 1 is 0.372 bits per heavy atom. The predicted molar refractivity (Wildman–Crippen MR) is 178 cm³/mol. The molecule has 0 saturated carbocycles. The Bertz CT molecular complexity index is 2440. The van der Waals surface area contributed by atoms with Gasteiger partial charge in [0, 0.05) is 27.3 Å². The summed E-state index contributed by atoms with van der Waals surface area (Å²) in [6.45, 7) is 0. The van der Waals surface area contributed by atoms with E-state index in [0.29, 0.717) is 17.6 Å². The van der Waals surface area contributed by atoms with Gasteiger partial charge in [-0.25, -0.2) is 4.98 Å². The highest BCUT2D eigenvalue weighted by molar-refractivity contribution is 6.36. The fourth-order valence-corrected chi connectivity index (χ4v) is 6.54. The van der Waals surface area contributed by atoms with Crippen LogP contribution in [0, 0.1) is 0 Å². The van der Waals surface area contributed by atoms with Crippen molar-refractivity contribution in [3.05, 3.63) is 146 Å². The molecule has 4 nitrogen and oxygen atoms in total. The van der Waals surface area contributed by atoms with Gasteiger partial charge in [-0.3, -0.25) is 4.57 Å². The second kappa shape index (κ2) is 9.33. The minimum absolute atomic E-state index is 0.600. The van der Waals surface area contributed by atoms with Crippen LogP contribution in [0.15, 0.2) is 146 Å². The number of hydrogen-bond donors (Lipinski definition) is 0. The van der Waals surface area contributed by atoms with E-state index in [1.54, 1.807) is 0 Å². The molecule has 2 heterocycles. The van der Waals surface area contributed by atoms with Gasteiger partial charge in [-0.1, -0.05) is 140 Å². The minimum atomic E-state index is 0.600. The van der Waals surface area contributed by atoms with Crippen LogP contribution in [-0.2, 0) is 0 Å². The molecule has 4 heteroatoms. The topological polar surface area (TPSA) is 43.6 Å². The smallest absolute Gasteiger partial charge is 0.238 e. The molecule has 0 aliphatic carbocycles. The van der Waals surface area contributed by atoms with Crippen LogP contribution in [0.25, 0.3) is 82.8 Å². The third kappa shape index (κ3) is 3.60. The first-order valence-corrected chi connectivity index (χ1v) is 14.5. The molecule has 0 spiro atoms. The second-order valence-corrected chi connectivity index (χ2v) is 10.8. The Morgan fingerprint density at radius 2 is 0.884 bits per heavy atom. The third-order valence-electron chi connectivity index (χ3n) is 8.41. The van der Waals surface area contributed by atoms with E-state index in [2.05, 4.69) is 114 Å². The van der Waals surface area contributed by atoms with Crippen LogP contribution < -0.4 is 0 Å². The van der Waals surface area contributed by atoms with Crippen molar-refractivity contribution in [2.24, 2.45) is 0 Å². The molecular formula is C39H24N4. The summed E-state index contributed by atoms with van der Waals surface area (Å²) < 4.78 is 2.26. The summed E-state index contributed by atoms with van der Waals surface area (Å²) in [5, 5.41) is 9.66. The van der Waals surface area contributed by atoms with Crippen molar-refractivity contribution in [3.8, 4) is 28.7 Å². The van der Waals surface area contributed by atoms with E-state index in [4.69, 9.17) is 15.0 Å². The number of fused-ring (bicyclic) bond motifs is 10. The normalized spacial score (nSPS) is 11.7. The SMILES string of the molecule is c1ccc(-c2nc(-c3ccccc3)nc(-n3c4ccccc4c4c5ccccc5c5ccc6ccccc6c5c43)n2)cc1. The minimum Gasteiger partial charge on any atom is -0.277 e. The summed E-state index contributed by atoms with van der Waals surface area (Å²) in [4.78, 5) is 15.3. The maximum absolute atomic E-state index is 5.18. The predicted octanol–water partition coefficient (Wildman–Crippen LogP) is 9.76. The molecule has 0 radical (unpaired) electrons. The summed E-state index contributed by atoms with van der Waals surface area (Å²) in [5.41, 5.74) is 4.07. The summed E-state index contributed by atoms with van der Waals surface area (Å²) in [6, 6.07) is 50.8. The van der Waals surface area contributed by atoms with E-state index in [1.807, 2.05) is 36.4 Å². The summed E-state index contributed by atoms with van der Waals surface area (Å²) in [5.74, 6) is 1.89. The van der Waals surface area contributed by atoms with Crippen molar-refractivity contribution in [2.45, 2.75) is 0 Å². The lowest BCUT2D eigenvalue weighted by Gasteiger charge is -2.14. The zero-order valence-corrected chi connectivity index (χ0v) is 23.1. The molecule has 7 aromatic carbocycles. The van der Waals surface area contributed by atoms with E-state index in [1.165, 1.54) is 43.1 Å². The van der Waals surface area contributed by atoms with Gasteiger partial charge in [-0.05, 0) is 33.0 Å². The van der Waals surface area contributed by atoms with Gasteiger partial charge in [-0.15, -0.1) is 0 Å². The highest BCUT2D eigenvalue weighted by Crippen LogP contribution is 2.44.